The van der Waals surface area contributed by atoms with Gasteiger partial charge in [0.25, 0.3) is 11.8 Å². The summed E-state index contributed by atoms with van der Waals surface area (Å²) >= 11 is 0. The Bertz CT molecular complexity index is 1190. The summed E-state index contributed by atoms with van der Waals surface area (Å²) in [5.74, 6) is -0.388. The van der Waals surface area contributed by atoms with Gasteiger partial charge in [0.1, 0.15) is 5.75 Å². The summed E-state index contributed by atoms with van der Waals surface area (Å²) in [7, 11) is 1.50. The predicted octanol–water partition coefficient (Wildman–Crippen LogP) is 4.29. The second-order valence-corrected chi connectivity index (χ2v) is 6.45. The molecule has 0 fully saturated rings. The number of hydrogen-bond acceptors (Lipinski definition) is 4. The van der Waals surface area contributed by atoms with Gasteiger partial charge in [0.2, 0.25) is 0 Å². The summed E-state index contributed by atoms with van der Waals surface area (Å²) in [6.07, 6.45) is 1.73. The van der Waals surface area contributed by atoms with Crippen LogP contribution >= 0.6 is 0 Å². The van der Waals surface area contributed by atoms with E-state index in [1.54, 1.807) is 78.9 Å². The first-order valence-corrected chi connectivity index (χ1v) is 8.97. The molecule has 0 atom stereocenters. The molecule has 0 aromatic heterocycles. The van der Waals surface area contributed by atoms with Gasteiger partial charge in [0.05, 0.1) is 24.4 Å². The monoisotopic (exact) mass is 380 g/mol. The van der Waals surface area contributed by atoms with Gasteiger partial charge in [-0.15, -0.1) is 0 Å². The number of para-hydroxylation sites is 2. The molecule has 3 aromatic carbocycles. The summed E-state index contributed by atoms with van der Waals surface area (Å²) in [4.78, 5) is 27.7. The summed E-state index contributed by atoms with van der Waals surface area (Å²) in [5, 5.41) is 8.99. The number of ether oxygens (including phenoxy) is 1. The number of methoxy groups -OCH3 is 1. The van der Waals surface area contributed by atoms with E-state index >= 15 is 0 Å². The number of hydrogen-bond donors (Lipinski definition) is 0. The van der Waals surface area contributed by atoms with Crippen molar-refractivity contribution in [3.05, 3.63) is 95.1 Å². The first-order chi connectivity index (χ1) is 14.1. The lowest BCUT2D eigenvalue weighted by Gasteiger charge is -2.29. The molecule has 2 amide bonds. The molecule has 0 saturated carbocycles. The van der Waals surface area contributed by atoms with Crippen LogP contribution in [0.1, 0.15) is 27.0 Å². The van der Waals surface area contributed by atoms with Crippen LogP contribution < -0.4 is 9.64 Å². The van der Waals surface area contributed by atoms with Crippen molar-refractivity contribution in [2.24, 2.45) is 0 Å². The van der Waals surface area contributed by atoms with Gasteiger partial charge < -0.3 is 4.74 Å². The normalized spacial score (nSPS) is 14.5. The van der Waals surface area contributed by atoms with Gasteiger partial charge in [-0.1, -0.05) is 42.5 Å². The zero-order valence-electron chi connectivity index (χ0n) is 15.6. The molecule has 0 N–H and O–H groups in total. The number of benzene rings is 3. The Morgan fingerprint density at radius 2 is 1.52 bits per heavy atom. The highest BCUT2D eigenvalue weighted by atomic mass is 16.5. The SMILES string of the molecule is COc1ccccc1N1C(=O)/C(=C\c2ccc(C#N)cc2)c2ccccc2C1=O. The second kappa shape index (κ2) is 7.45. The summed E-state index contributed by atoms with van der Waals surface area (Å²) in [6, 6.07) is 23.0. The molecule has 3 aromatic rings. The van der Waals surface area contributed by atoms with Crippen molar-refractivity contribution in [1.82, 2.24) is 0 Å². The van der Waals surface area contributed by atoms with Gasteiger partial charge >= 0.3 is 0 Å². The zero-order valence-corrected chi connectivity index (χ0v) is 15.6. The Morgan fingerprint density at radius 3 is 2.21 bits per heavy atom. The summed E-state index contributed by atoms with van der Waals surface area (Å²) in [6.45, 7) is 0. The van der Waals surface area contributed by atoms with Crippen LogP contribution in [0.5, 0.6) is 5.75 Å². The first kappa shape index (κ1) is 18.2. The van der Waals surface area contributed by atoms with Crippen molar-refractivity contribution in [2.45, 2.75) is 0 Å². The molecular weight excluding hydrogens is 364 g/mol. The highest BCUT2D eigenvalue weighted by Crippen LogP contribution is 2.37. The lowest BCUT2D eigenvalue weighted by atomic mass is 9.91. The zero-order chi connectivity index (χ0) is 20.4. The molecule has 0 aliphatic carbocycles. The van der Waals surface area contributed by atoms with Crippen LogP contribution in [0.4, 0.5) is 5.69 Å². The highest BCUT2D eigenvalue weighted by molar-refractivity contribution is 6.43. The van der Waals surface area contributed by atoms with Crippen LogP contribution in [0, 0.1) is 11.3 Å². The summed E-state index contributed by atoms with van der Waals surface area (Å²) in [5.41, 5.74) is 3.11. The molecule has 1 heterocycles. The molecule has 1 aliphatic rings. The molecule has 140 valence electrons. The number of anilines is 1. The van der Waals surface area contributed by atoms with Crippen molar-refractivity contribution >= 4 is 29.2 Å². The Labute approximate surface area is 168 Å². The quantitative estimate of drug-likeness (QED) is 0.502. The van der Waals surface area contributed by atoms with E-state index in [1.165, 1.54) is 7.11 Å². The van der Waals surface area contributed by atoms with E-state index in [0.29, 0.717) is 33.7 Å². The smallest absolute Gasteiger partial charge is 0.266 e. The molecule has 5 nitrogen and oxygen atoms in total. The van der Waals surface area contributed by atoms with Crippen LogP contribution in [-0.2, 0) is 4.79 Å². The second-order valence-electron chi connectivity index (χ2n) is 6.45. The molecule has 0 saturated heterocycles. The van der Waals surface area contributed by atoms with Gasteiger partial charge in [-0.3, -0.25) is 9.59 Å². The average Bonchev–Trinajstić information content (AvgIpc) is 2.77. The fourth-order valence-corrected chi connectivity index (χ4v) is 3.35. The van der Waals surface area contributed by atoms with Crippen molar-refractivity contribution in [3.63, 3.8) is 0 Å². The predicted molar refractivity (Wildman–Crippen MR) is 110 cm³/mol. The minimum absolute atomic E-state index is 0.394. The fraction of sp³-hybridized carbons (Fsp3) is 0.0417. The van der Waals surface area contributed by atoms with Crippen molar-refractivity contribution in [1.29, 1.82) is 5.26 Å². The van der Waals surface area contributed by atoms with E-state index in [-0.39, 0.29) is 0 Å². The van der Waals surface area contributed by atoms with Crippen LogP contribution in [0.25, 0.3) is 11.6 Å². The van der Waals surface area contributed by atoms with Crippen LogP contribution in [0.2, 0.25) is 0 Å². The fourth-order valence-electron chi connectivity index (χ4n) is 3.35. The summed E-state index contributed by atoms with van der Waals surface area (Å²) < 4.78 is 5.37. The topological polar surface area (TPSA) is 70.4 Å². The Balaban J connectivity index is 1.90. The standard InChI is InChI=1S/C24H16N2O3/c1-29-22-9-5-4-8-21(22)26-23(27)19-7-3-2-6-18(19)20(24(26)28)14-16-10-12-17(15-25)13-11-16/h2-14H,1H3/b20-14-. The van der Waals surface area contributed by atoms with Gasteiger partial charge in [-0.05, 0) is 47.5 Å². The van der Waals surface area contributed by atoms with Gasteiger partial charge in [-0.2, -0.15) is 5.26 Å². The van der Waals surface area contributed by atoms with Crippen molar-refractivity contribution < 1.29 is 14.3 Å². The number of carbonyl (C=O) groups excluding carboxylic acids is 2. The Morgan fingerprint density at radius 1 is 0.862 bits per heavy atom. The van der Waals surface area contributed by atoms with E-state index in [1.807, 2.05) is 0 Å². The maximum Gasteiger partial charge on any atom is 0.266 e. The van der Waals surface area contributed by atoms with Crippen LogP contribution in [0.3, 0.4) is 0 Å². The van der Waals surface area contributed by atoms with E-state index in [0.717, 1.165) is 10.5 Å². The maximum absolute atomic E-state index is 13.4. The molecule has 4 rings (SSSR count). The molecule has 29 heavy (non-hydrogen) atoms. The third-order valence-corrected chi connectivity index (χ3v) is 4.76. The minimum Gasteiger partial charge on any atom is -0.495 e. The largest absolute Gasteiger partial charge is 0.495 e. The lowest BCUT2D eigenvalue weighted by Crippen LogP contribution is -2.42. The average molecular weight is 380 g/mol. The van der Waals surface area contributed by atoms with Crippen molar-refractivity contribution in [3.8, 4) is 11.8 Å². The van der Waals surface area contributed by atoms with E-state index in [2.05, 4.69) is 6.07 Å². The number of amides is 2. The maximum atomic E-state index is 13.4. The minimum atomic E-state index is -0.428. The molecule has 0 unspecified atom stereocenters. The molecule has 1 aliphatic heterocycles. The molecular formula is C24H16N2O3. The Kier molecular flexibility index (Phi) is 4.68. The first-order valence-electron chi connectivity index (χ1n) is 8.97. The number of nitrogens with zero attached hydrogens (tertiary/aromatic N) is 2. The highest BCUT2D eigenvalue weighted by Gasteiger charge is 2.36. The molecule has 0 bridgehead atoms. The number of fused-ring (bicyclic) bond motifs is 1. The van der Waals surface area contributed by atoms with Crippen LogP contribution in [0.15, 0.2) is 72.8 Å². The third kappa shape index (κ3) is 3.17. The molecule has 0 spiro atoms. The third-order valence-electron chi connectivity index (χ3n) is 4.76. The Hall–Kier alpha value is -4.17. The van der Waals surface area contributed by atoms with Gasteiger partial charge in [-0.25, -0.2) is 4.90 Å². The molecule has 5 heteroatoms. The lowest BCUT2D eigenvalue weighted by molar-refractivity contribution is -0.112. The van der Waals surface area contributed by atoms with Crippen LogP contribution in [-0.4, -0.2) is 18.9 Å². The number of rotatable bonds is 3. The van der Waals surface area contributed by atoms with E-state index in [4.69, 9.17) is 10.00 Å². The number of imide groups is 1. The van der Waals surface area contributed by atoms with Gasteiger partial charge in [0, 0.05) is 11.1 Å². The number of carbonyl (C=O) groups is 2. The molecule has 0 radical (unpaired) electrons. The van der Waals surface area contributed by atoms with Crippen molar-refractivity contribution in [2.75, 3.05) is 12.0 Å². The van der Waals surface area contributed by atoms with Gasteiger partial charge in [0.15, 0.2) is 0 Å². The van der Waals surface area contributed by atoms with E-state index in [9.17, 15) is 9.59 Å². The van der Waals surface area contributed by atoms with E-state index < -0.39 is 11.8 Å². The number of nitriles is 1.